The number of aliphatic carboxylic acids is 1. The quantitative estimate of drug-likeness (QED) is 0.631. The zero-order valence-electron chi connectivity index (χ0n) is 10.4. The Morgan fingerprint density at radius 1 is 1.35 bits per heavy atom. The molecule has 1 unspecified atom stereocenters. The van der Waals surface area contributed by atoms with Crippen LogP contribution in [0.3, 0.4) is 0 Å². The minimum atomic E-state index is -1.07. The number of carbonyl (C=O) groups is 2. The summed E-state index contributed by atoms with van der Waals surface area (Å²) in [6.45, 7) is 2.05. The Balaban J connectivity index is 4.52. The van der Waals surface area contributed by atoms with E-state index < -0.39 is 18.0 Å². The summed E-state index contributed by atoms with van der Waals surface area (Å²) in [5, 5.41) is 17.6. The molecule has 0 radical (unpaired) electrons. The van der Waals surface area contributed by atoms with Gasteiger partial charge in [-0.15, -0.1) is 0 Å². The predicted molar refractivity (Wildman–Crippen MR) is 60.8 cm³/mol. The number of carboxylic acid groups (broad SMARTS) is 1. The molecule has 0 aliphatic rings. The highest BCUT2D eigenvalue weighted by Gasteiger charge is 2.25. The molecule has 0 heterocycles. The molecule has 17 heavy (non-hydrogen) atoms. The number of likely N-dealkylation sites (N-methyl/N-ethyl adjacent to an activating group) is 1. The van der Waals surface area contributed by atoms with Crippen molar-refractivity contribution in [2.75, 3.05) is 40.5 Å². The number of methoxy groups -OCH3 is 1. The summed E-state index contributed by atoms with van der Waals surface area (Å²) in [6, 6.07) is -1.35. The molecule has 0 bridgehead atoms. The third kappa shape index (κ3) is 5.01. The largest absolute Gasteiger partial charge is 0.480 e. The highest BCUT2D eigenvalue weighted by molar-refractivity contribution is 5.82. The third-order valence-corrected chi connectivity index (χ3v) is 2.45. The lowest BCUT2D eigenvalue weighted by molar-refractivity contribution is -0.141. The molecule has 0 fully saturated rings. The van der Waals surface area contributed by atoms with Gasteiger partial charge in [-0.3, -0.25) is 0 Å². The fraction of sp³-hybridized carbons (Fsp3) is 0.800. The van der Waals surface area contributed by atoms with Gasteiger partial charge in [0.15, 0.2) is 0 Å². The number of nitrogens with zero attached hydrogens (tertiary/aromatic N) is 2. The second-order valence-corrected chi connectivity index (χ2v) is 3.61. The topological polar surface area (TPSA) is 90.3 Å². The van der Waals surface area contributed by atoms with E-state index in [1.54, 1.807) is 0 Å². The van der Waals surface area contributed by atoms with Crippen LogP contribution in [0.1, 0.15) is 6.92 Å². The molecule has 0 spiro atoms. The van der Waals surface area contributed by atoms with E-state index in [1.165, 1.54) is 26.0 Å². The van der Waals surface area contributed by atoms with Crippen LogP contribution in [0, 0.1) is 0 Å². The lowest BCUT2D eigenvalue weighted by Gasteiger charge is -2.29. The number of urea groups is 1. The Morgan fingerprint density at radius 2 is 1.94 bits per heavy atom. The Bertz CT molecular complexity index is 259. The van der Waals surface area contributed by atoms with Crippen molar-refractivity contribution in [3.05, 3.63) is 0 Å². The summed E-state index contributed by atoms with van der Waals surface area (Å²) < 4.78 is 4.85. The number of aliphatic hydroxyl groups is 1. The Hall–Kier alpha value is -1.34. The highest BCUT2D eigenvalue weighted by Crippen LogP contribution is 2.02. The van der Waals surface area contributed by atoms with E-state index in [4.69, 9.17) is 14.9 Å². The summed E-state index contributed by atoms with van der Waals surface area (Å²) in [4.78, 5) is 25.1. The van der Waals surface area contributed by atoms with Crippen LogP contribution >= 0.6 is 0 Å². The minimum absolute atomic E-state index is 0.152. The lowest BCUT2D eigenvalue weighted by atomic mass is 10.3. The molecule has 0 aromatic rings. The highest BCUT2D eigenvalue weighted by atomic mass is 16.5. The molecule has 2 amide bonds. The predicted octanol–water partition coefficient (Wildman–Crippen LogP) is -0.548. The van der Waals surface area contributed by atoms with E-state index in [0.717, 1.165) is 4.90 Å². The Morgan fingerprint density at radius 3 is 2.35 bits per heavy atom. The smallest absolute Gasteiger partial charge is 0.326 e. The van der Waals surface area contributed by atoms with Crippen molar-refractivity contribution >= 4 is 12.0 Å². The maximum Gasteiger partial charge on any atom is 0.326 e. The monoisotopic (exact) mass is 248 g/mol. The fourth-order valence-corrected chi connectivity index (χ4v) is 1.18. The van der Waals surface area contributed by atoms with E-state index in [2.05, 4.69) is 0 Å². The molecule has 100 valence electrons. The Kier molecular flexibility index (Phi) is 7.24. The summed E-state index contributed by atoms with van der Waals surface area (Å²) in [7, 11) is 2.92. The standard InChI is InChI=1S/C10H20N2O5/c1-8(9(14)15)11(2)10(16)12(4-6-13)5-7-17-3/h8,13H,4-7H2,1-3H3,(H,14,15). The van der Waals surface area contributed by atoms with Crippen molar-refractivity contribution in [1.82, 2.24) is 9.80 Å². The van der Waals surface area contributed by atoms with Gasteiger partial charge < -0.3 is 24.7 Å². The van der Waals surface area contributed by atoms with Crippen LogP contribution < -0.4 is 0 Å². The van der Waals surface area contributed by atoms with Crippen LogP contribution in [-0.4, -0.2) is 78.5 Å². The first-order valence-corrected chi connectivity index (χ1v) is 5.30. The molecular weight excluding hydrogens is 228 g/mol. The average Bonchev–Trinajstić information content (AvgIpc) is 2.31. The normalized spacial score (nSPS) is 12.0. The first-order valence-electron chi connectivity index (χ1n) is 5.30. The first-order chi connectivity index (χ1) is 7.95. The van der Waals surface area contributed by atoms with E-state index >= 15 is 0 Å². The molecule has 0 saturated heterocycles. The molecular formula is C10H20N2O5. The van der Waals surface area contributed by atoms with Gasteiger partial charge in [-0.1, -0.05) is 0 Å². The van der Waals surface area contributed by atoms with E-state index in [9.17, 15) is 9.59 Å². The van der Waals surface area contributed by atoms with Crippen molar-refractivity contribution in [2.24, 2.45) is 0 Å². The molecule has 0 saturated carbocycles. The number of rotatable bonds is 7. The van der Waals surface area contributed by atoms with Crippen molar-refractivity contribution in [3.63, 3.8) is 0 Å². The zero-order chi connectivity index (χ0) is 13.4. The molecule has 0 rings (SSSR count). The second-order valence-electron chi connectivity index (χ2n) is 3.61. The van der Waals surface area contributed by atoms with Crippen molar-refractivity contribution in [2.45, 2.75) is 13.0 Å². The van der Waals surface area contributed by atoms with E-state index in [-0.39, 0.29) is 13.2 Å². The molecule has 0 aromatic heterocycles. The van der Waals surface area contributed by atoms with Crippen LogP contribution in [0.5, 0.6) is 0 Å². The van der Waals surface area contributed by atoms with Gasteiger partial charge in [0, 0.05) is 27.2 Å². The van der Waals surface area contributed by atoms with Crippen molar-refractivity contribution < 1.29 is 24.5 Å². The number of ether oxygens (including phenoxy) is 1. The Labute approximate surface area is 101 Å². The SMILES string of the molecule is COCCN(CCO)C(=O)N(C)C(C)C(=O)O. The molecule has 0 aliphatic carbocycles. The van der Waals surface area contributed by atoms with Crippen LogP contribution in [0.25, 0.3) is 0 Å². The van der Waals surface area contributed by atoms with Crippen LogP contribution in [0.15, 0.2) is 0 Å². The summed E-state index contributed by atoms with van der Waals surface area (Å²) in [5.41, 5.74) is 0. The molecule has 7 nitrogen and oxygen atoms in total. The number of hydrogen-bond acceptors (Lipinski definition) is 4. The fourth-order valence-electron chi connectivity index (χ4n) is 1.18. The van der Waals surface area contributed by atoms with Gasteiger partial charge in [-0.25, -0.2) is 9.59 Å². The zero-order valence-corrected chi connectivity index (χ0v) is 10.4. The number of amides is 2. The van der Waals surface area contributed by atoms with Crippen LogP contribution in [0.4, 0.5) is 4.79 Å². The maximum atomic E-state index is 11.9. The average molecular weight is 248 g/mol. The summed E-state index contributed by atoms with van der Waals surface area (Å²) in [5.74, 6) is -1.07. The molecule has 0 aromatic carbocycles. The van der Waals surface area contributed by atoms with Crippen LogP contribution in [0.2, 0.25) is 0 Å². The molecule has 7 heteroatoms. The molecule has 2 N–H and O–H groups in total. The second kappa shape index (κ2) is 7.86. The van der Waals surface area contributed by atoms with Crippen molar-refractivity contribution in [3.8, 4) is 0 Å². The van der Waals surface area contributed by atoms with Gasteiger partial charge in [0.1, 0.15) is 6.04 Å². The van der Waals surface area contributed by atoms with E-state index in [1.807, 2.05) is 0 Å². The minimum Gasteiger partial charge on any atom is -0.480 e. The van der Waals surface area contributed by atoms with Crippen molar-refractivity contribution in [1.29, 1.82) is 0 Å². The summed E-state index contributed by atoms with van der Waals surface area (Å²) >= 11 is 0. The lowest BCUT2D eigenvalue weighted by Crippen LogP contribution is -2.49. The van der Waals surface area contributed by atoms with Gasteiger partial charge in [-0.2, -0.15) is 0 Å². The maximum absolute atomic E-state index is 11.9. The summed E-state index contributed by atoms with van der Waals surface area (Å²) in [6.07, 6.45) is 0. The van der Waals surface area contributed by atoms with Crippen LogP contribution in [-0.2, 0) is 9.53 Å². The molecule has 0 aliphatic heterocycles. The van der Waals surface area contributed by atoms with Gasteiger partial charge in [0.2, 0.25) is 0 Å². The van der Waals surface area contributed by atoms with E-state index in [0.29, 0.717) is 13.2 Å². The number of aliphatic hydroxyl groups excluding tert-OH is 1. The third-order valence-electron chi connectivity index (χ3n) is 2.45. The number of carbonyl (C=O) groups excluding carboxylic acids is 1. The van der Waals surface area contributed by atoms with Gasteiger partial charge in [-0.05, 0) is 6.92 Å². The first kappa shape index (κ1) is 15.7. The van der Waals surface area contributed by atoms with Gasteiger partial charge in [0.25, 0.3) is 0 Å². The number of carboxylic acids is 1. The molecule has 1 atom stereocenters. The number of hydrogen-bond donors (Lipinski definition) is 2. The van der Waals surface area contributed by atoms with Gasteiger partial charge in [0.05, 0.1) is 13.2 Å². The van der Waals surface area contributed by atoms with Gasteiger partial charge >= 0.3 is 12.0 Å².